The van der Waals surface area contributed by atoms with Crippen molar-refractivity contribution in [3.63, 3.8) is 0 Å². The van der Waals surface area contributed by atoms with Crippen molar-refractivity contribution in [3.8, 4) is 0 Å². The van der Waals surface area contributed by atoms with Crippen LogP contribution >= 0.6 is 11.6 Å². The summed E-state index contributed by atoms with van der Waals surface area (Å²) in [5, 5.41) is 9.99. The van der Waals surface area contributed by atoms with Crippen LogP contribution in [0.3, 0.4) is 0 Å². The minimum absolute atomic E-state index is 0.00160. The molecule has 0 bridgehead atoms. The van der Waals surface area contributed by atoms with E-state index >= 15 is 0 Å². The number of amides is 1. The second-order valence-corrected chi connectivity index (χ2v) is 9.21. The largest absolute Gasteiger partial charge is 0.324 e. The molecule has 152 valence electrons. The van der Waals surface area contributed by atoms with Gasteiger partial charge in [0.1, 0.15) is 21.6 Å². The van der Waals surface area contributed by atoms with Gasteiger partial charge in [0, 0.05) is 36.9 Å². The highest BCUT2D eigenvalue weighted by atomic mass is 35.5. The first-order valence-corrected chi connectivity index (χ1v) is 10.6. The van der Waals surface area contributed by atoms with Gasteiger partial charge in [-0.05, 0) is 37.1 Å². The highest BCUT2D eigenvalue weighted by molar-refractivity contribution is 7.89. The number of anilines is 1. The number of H-pyrrole nitrogens is 1. The minimum Gasteiger partial charge on any atom is -0.324 e. The number of aromatic amines is 1. The Kier molecular flexibility index (Phi) is 4.72. The molecule has 2 N–H and O–H groups in total. The molecule has 1 aliphatic rings. The van der Waals surface area contributed by atoms with Gasteiger partial charge in [-0.3, -0.25) is 14.7 Å². The predicted molar refractivity (Wildman–Crippen MR) is 108 cm³/mol. The normalized spacial score (nSPS) is 17.3. The van der Waals surface area contributed by atoms with Crippen LogP contribution in [0.25, 0.3) is 10.9 Å². The Balaban J connectivity index is 1.64. The van der Waals surface area contributed by atoms with E-state index in [1.54, 1.807) is 26.1 Å². The number of benzene rings is 1. The summed E-state index contributed by atoms with van der Waals surface area (Å²) in [6.45, 7) is 1.97. The Bertz CT molecular complexity index is 1300. The standard InChI is InChI=1S/C18H18ClN5O4S/c1-10-7-12-16(21-22-17(12)19)14(8-10)29(27,28)24-6-4-13(24)18(26)20-11-3-5-23(2)15(25)9-11/h3,5,7-9,13H,4,6H2,1-2H3,(H,20,26)(H,21,22)/t13-/m0/s1. The van der Waals surface area contributed by atoms with Crippen molar-refractivity contribution in [1.82, 2.24) is 19.1 Å². The maximum atomic E-state index is 13.3. The lowest BCUT2D eigenvalue weighted by molar-refractivity contribution is -0.122. The lowest BCUT2D eigenvalue weighted by atomic mass is 10.1. The molecule has 1 fully saturated rings. The van der Waals surface area contributed by atoms with E-state index < -0.39 is 22.0 Å². The summed E-state index contributed by atoms with van der Waals surface area (Å²) in [4.78, 5) is 24.4. The number of aromatic nitrogens is 3. The number of hydrogen-bond donors (Lipinski definition) is 2. The Labute approximate surface area is 171 Å². The third kappa shape index (κ3) is 3.33. The predicted octanol–water partition coefficient (Wildman–Crippen LogP) is 1.63. The minimum atomic E-state index is -3.97. The van der Waals surface area contributed by atoms with Crippen LogP contribution in [0, 0.1) is 6.92 Å². The Morgan fingerprint density at radius 2 is 2.10 bits per heavy atom. The number of aryl methyl sites for hydroxylation is 2. The summed E-state index contributed by atoms with van der Waals surface area (Å²) in [6, 6.07) is 5.26. The van der Waals surface area contributed by atoms with E-state index in [4.69, 9.17) is 11.6 Å². The Hall–Kier alpha value is -2.69. The van der Waals surface area contributed by atoms with E-state index in [0.29, 0.717) is 23.1 Å². The molecule has 3 aromatic rings. The quantitative estimate of drug-likeness (QED) is 0.645. The second-order valence-electron chi connectivity index (χ2n) is 6.97. The molecule has 1 aromatic carbocycles. The van der Waals surface area contributed by atoms with E-state index in [0.717, 1.165) is 4.31 Å². The monoisotopic (exact) mass is 435 g/mol. The summed E-state index contributed by atoms with van der Waals surface area (Å²) in [5.74, 6) is -0.489. The van der Waals surface area contributed by atoms with Crippen LogP contribution in [-0.2, 0) is 21.9 Å². The van der Waals surface area contributed by atoms with Crippen LogP contribution in [0.4, 0.5) is 5.69 Å². The number of hydrogen-bond acceptors (Lipinski definition) is 5. The zero-order chi connectivity index (χ0) is 20.9. The molecule has 1 aliphatic heterocycles. The van der Waals surface area contributed by atoms with Crippen LogP contribution in [0.2, 0.25) is 5.15 Å². The maximum Gasteiger partial charge on any atom is 0.252 e. The topological polar surface area (TPSA) is 117 Å². The van der Waals surface area contributed by atoms with Crippen LogP contribution in [0.15, 0.2) is 40.2 Å². The smallest absolute Gasteiger partial charge is 0.252 e. The average molecular weight is 436 g/mol. The first-order valence-electron chi connectivity index (χ1n) is 8.82. The van der Waals surface area contributed by atoms with Crippen molar-refractivity contribution in [1.29, 1.82) is 0 Å². The van der Waals surface area contributed by atoms with Gasteiger partial charge in [0.2, 0.25) is 15.9 Å². The van der Waals surface area contributed by atoms with Gasteiger partial charge in [-0.2, -0.15) is 9.40 Å². The molecule has 11 heteroatoms. The van der Waals surface area contributed by atoms with Gasteiger partial charge in [0.15, 0.2) is 0 Å². The summed E-state index contributed by atoms with van der Waals surface area (Å²) in [7, 11) is -2.38. The number of carbonyl (C=O) groups is 1. The van der Waals surface area contributed by atoms with Gasteiger partial charge in [0.05, 0.1) is 0 Å². The van der Waals surface area contributed by atoms with E-state index in [-0.39, 0.29) is 27.7 Å². The number of fused-ring (bicyclic) bond motifs is 1. The van der Waals surface area contributed by atoms with Gasteiger partial charge in [-0.25, -0.2) is 8.42 Å². The van der Waals surface area contributed by atoms with Crippen molar-refractivity contribution in [2.24, 2.45) is 7.05 Å². The average Bonchev–Trinajstić information content (AvgIpc) is 2.97. The first kappa shape index (κ1) is 19.6. The van der Waals surface area contributed by atoms with Crippen molar-refractivity contribution >= 4 is 44.1 Å². The molecule has 0 radical (unpaired) electrons. The molecular weight excluding hydrogens is 418 g/mol. The molecule has 29 heavy (non-hydrogen) atoms. The van der Waals surface area contributed by atoms with E-state index in [2.05, 4.69) is 15.5 Å². The molecule has 9 nitrogen and oxygen atoms in total. The number of nitrogens with one attached hydrogen (secondary N) is 2. The van der Waals surface area contributed by atoms with Crippen LogP contribution < -0.4 is 10.9 Å². The number of pyridine rings is 1. The van der Waals surface area contributed by atoms with Gasteiger partial charge < -0.3 is 9.88 Å². The number of carbonyl (C=O) groups excluding carboxylic acids is 1. The molecule has 1 saturated heterocycles. The summed E-state index contributed by atoms with van der Waals surface area (Å²) in [5.41, 5.74) is 0.983. The fourth-order valence-electron chi connectivity index (χ4n) is 3.28. The van der Waals surface area contributed by atoms with Crippen LogP contribution in [0.1, 0.15) is 12.0 Å². The number of rotatable bonds is 4. The first-order chi connectivity index (χ1) is 13.7. The fraction of sp³-hybridized carbons (Fsp3) is 0.278. The molecule has 2 aromatic heterocycles. The van der Waals surface area contributed by atoms with Crippen molar-refractivity contribution in [2.45, 2.75) is 24.3 Å². The van der Waals surface area contributed by atoms with Crippen molar-refractivity contribution in [3.05, 3.63) is 51.5 Å². The third-order valence-electron chi connectivity index (χ3n) is 4.95. The molecule has 0 spiro atoms. The molecule has 1 amide bonds. The van der Waals surface area contributed by atoms with E-state index in [1.807, 2.05) is 0 Å². The zero-order valence-electron chi connectivity index (χ0n) is 15.6. The Morgan fingerprint density at radius 3 is 2.76 bits per heavy atom. The van der Waals surface area contributed by atoms with Gasteiger partial charge in [-0.1, -0.05) is 11.6 Å². The highest BCUT2D eigenvalue weighted by Gasteiger charge is 2.43. The molecule has 0 unspecified atom stereocenters. The molecule has 1 atom stereocenters. The summed E-state index contributed by atoms with van der Waals surface area (Å²) in [6.07, 6.45) is 1.91. The van der Waals surface area contributed by atoms with Gasteiger partial charge in [0.25, 0.3) is 5.56 Å². The third-order valence-corrected chi connectivity index (χ3v) is 7.16. The number of halogens is 1. The number of sulfonamides is 1. The van der Waals surface area contributed by atoms with Crippen molar-refractivity contribution < 1.29 is 13.2 Å². The summed E-state index contributed by atoms with van der Waals surface area (Å²) < 4.78 is 29.0. The molecule has 0 aliphatic carbocycles. The van der Waals surface area contributed by atoms with Crippen LogP contribution in [-0.4, -0.2) is 46.0 Å². The second kappa shape index (κ2) is 6.97. The van der Waals surface area contributed by atoms with Crippen molar-refractivity contribution in [2.75, 3.05) is 11.9 Å². The molecule has 4 rings (SSSR count). The molecular formula is C18H18ClN5O4S. The van der Waals surface area contributed by atoms with Gasteiger partial charge >= 0.3 is 0 Å². The number of nitrogens with zero attached hydrogens (tertiary/aromatic N) is 3. The zero-order valence-corrected chi connectivity index (χ0v) is 17.2. The lowest BCUT2D eigenvalue weighted by Crippen LogP contribution is -2.56. The Morgan fingerprint density at radius 1 is 1.34 bits per heavy atom. The SMILES string of the molecule is Cc1cc(S(=O)(=O)N2CC[C@H]2C(=O)Nc2ccn(C)c(=O)c2)c2n[nH]c(Cl)c2c1. The van der Waals surface area contributed by atoms with E-state index in [9.17, 15) is 18.0 Å². The molecule has 3 heterocycles. The summed E-state index contributed by atoms with van der Waals surface area (Å²) >= 11 is 6.07. The highest BCUT2D eigenvalue weighted by Crippen LogP contribution is 2.33. The van der Waals surface area contributed by atoms with E-state index in [1.165, 1.54) is 22.9 Å². The fourth-order valence-corrected chi connectivity index (χ4v) is 5.34. The molecule has 0 saturated carbocycles. The maximum absolute atomic E-state index is 13.3. The lowest BCUT2D eigenvalue weighted by Gasteiger charge is -2.38. The van der Waals surface area contributed by atoms with Crippen LogP contribution in [0.5, 0.6) is 0 Å². The van der Waals surface area contributed by atoms with Gasteiger partial charge in [-0.15, -0.1) is 0 Å².